The molecule has 1 aromatic rings. The van der Waals surface area contributed by atoms with Crippen molar-refractivity contribution in [3.05, 3.63) is 35.4 Å². The second-order valence-electron chi connectivity index (χ2n) is 3.09. The third-order valence-corrected chi connectivity index (χ3v) is 2.07. The maximum absolute atomic E-state index is 5.33. The van der Waals surface area contributed by atoms with E-state index in [0.717, 1.165) is 12.1 Å². The van der Waals surface area contributed by atoms with Gasteiger partial charge in [-0.3, -0.25) is 0 Å². The van der Waals surface area contributed by atoms with Crippen LogP contribution in [0.5, 0.6) is 0 Å². The summed E-state index contributed by atoms with van der Waals surface area (Å²) in [6, 6.07) is 8.22. The van der Waals surface area contributed by atoms with Crippen molar-refractivity contribution in [2.45, 2.75) is 20.5 Å². The molecule has 0 aliphatic rings. The lowest BCUT2D eigenvalue weighted by Gasteiger charge is -2.07. The summed E-state index contributed by atoms with van der Waals surface area (Å²) in [6.45, 7) is 5.38. The summed E-state index contributed by atoms with van der Waals surface area (Å²) in [4.78, 5) is 0. The molecule has 0 spiro atoms. The molecule has 2 nitrogen and oxygen atoms in total. The molecule has 0 aliphatic heterocycles. The zero-order valence-corrected chi connectivity index (χ0v) is 9.36. The van der Waals surface area contributed by atoms with Crippen LogP contribution in [-0.4, -0.2) is 11.7 Å². The van der Waals surface area contributed by atoms with Gasteiger partial charge in [0.15, 0.2) is 0 Å². The average Bonchev–Trinajstić information content (AvgIpc) is 2.17. The lowest BCUT2D eigenvalue weighted by molar-refractivity contribution is 0.287. The van der Waals surface area contributed by atoms with Crippen molar-refractivity contribution in [3.63, 3.8) is 0 Å². The molecule has 0 saturated heterocycles. The van der Waals surface area contributed by atoms with Gasteiger partial charge in [0.05, 0.1) is 0 Å². The maximum Gasteiger partial charge on any atom is 0.256 e. The zero-order chi connectivity index (χ0) is 10.4. The van der Waals surface area contributed by atoms with Crippen LogP contribution < -0.4 is 5.32 Å². The molecule has 1 N–H and O–H groups in total. The number of aryl methyl sites for hydroxylation is 1. The van der Waals surface area contributed by atoms with Crippen molar-refractivity contribution >= 4 is 17.4 Å². The Morgan fingerprint density at radius 1 is 1.36 bits per heavy atom. The SMILES string of the molecule is CCNC(=S)OCc1ccc(C)cc1. The monoisotopic (exact) mass is 209 g/mol. The first kappa shape index (κ1) is 11.0. The average molecular weight is 209 g/mol. The first-order valence-corrected chi connectivity index (χ1v) is 5.09. The van der Waals surface area contributed by atoms with E-state index < -0.39 is 0 Å². The van der Waals surface area contributed by atoms with E-state index in [9.17, 15) is 0 Å². The highest BCUT2D eigenvalue weighted by atomic mass is 32.1. The van der Waals surface area contributed by atoms with Gasteiger partial charge in [0.25, 0.3) is 5.17 Å². The highest BCUT2D eigenvalue weighted by molar-refractivity contribution is 7.80. The second-order valence-corrected chi connectivity index (χ2v) is 3.46. The molecule has 1 aromatic carbocycles. The van der Waals surface area contributed by atoms with Crippen LogP contribution in [0.3, 0.4) is 0 Å². The van der Waals surface area contributed by atoms with Crippen LogP contribution in [0.1, 0.15) is 18.1 Å². The minimum absolute atomic E-state index is 0.466. The predicted molar refractivity (Wildman–Crippen MR) is 62.2 cm³/mol. The fourth-order valence-electron chi connectivity index (χ4n) is 1.03. The Hall–Kier alpha value is -1.09. The lowest BCUT2D eigenvalue weighted by atomic mass is 10.2. The molecule has 14 heavy (non-hydrogen) atoms. The number of benzene rings is 1. The molecule has 0 fully saturated rings. The topological polar surface area (TPSA) is 21.3 Å². The van der Waals surface area contributed by atoms with Crippen LogP contribution in [0.25, 0.3) is 0 Å². The fraction of sp³-hybridized carbons (Fsp3) is 0.364. The first-order valence-electron chi connectivity index (χ1n) is 4.68. The summed E-state index contributed by atoms with van der Waals surface area (Å²) in [7, 11) is 0. The minimum Gasteiger partial charge on any atom is -0.466 e. The highest BCUT2D eigenvalue weighted by Gasteiger charge is 1.96. The van der Waals surface area contributed by atoms with Gasteiger partial charge in [-0.05, 0) is 31.6 Å². The van der Waals surface area contributed by atoms with Gasteiger partial charge in [-0.2, -0.15) is 0 Å². The molecule has 0 heterocycles. The van der Waals surface area contributed by atoms with Crippen LogP contribution in [0.4, 0.5) is 0 Å². The molecule has 0 radical (unpaired) electrons. The summed E-state index contributed by atoms with van der Waals surface area (Å²) < 4.78 is 5.33. The van der Waals surface area contributed by atoms with E-state index in [-0.39, 0.29) is 0 Å². The third kappa shape index (κ3) is 3.75. The maximum atomic E-state index is 5.33. The van der Waals surface area contributed by atoms with Gasteiger partial charge in [-0.15, -0.1) is 0 Å². The number of ether oxygens (including phenoxy) is 1. The van der Waals surface area contributed by atoms with Crippen LogP contribution >= 0.6 is 12.2 Å². The van der Waals surface area contributed by atoms with E-state index in [4.69, 9.17) is 17.0 Å². The number of rotatable bonds is 3. The molecule has 76 valence electrons. The number of hydrogen-bond acceptors (Lipinski definition) is 2. The van der Waals surface area contributed by atoms with E-state index in [1.165, 1.54) is 5.56 Å². The van der Waals surface area contributed by atoms with Crippen LogP contribution in [-0.2, 0) is 11.3 Å². The van der Waals surface area contributed by atoms with Crippen molar-refractivity contribution < 1.29 is 4.74 Å². The molecule has 0 saturated carbocycles. The van der Waals surface area contributed by atoms with E-state index >= 15 is 0 Å². The van der Waals surface area contributed by atoms with Gasteiger partial charge in [-0.25, -0.2) is 0 Å². The Bertz CT molecular complexity index is 295. The van der Waals surface area contributed by atoms with Crippen molar-refractivity contribution in [2.75, 3.05) is 6.54 Å². The van der Waals surface area contributed by atoms with Crippen molar-refractivity contribution in [1.82, 2.24) is 5.32 Å². The Kier molecular flexibility index (Phi) is 4.40. The van der Waals surface area contributed by atoms with Crippen molar-refractivity contribution in [2.24, 2.45) is 0 Å². The quantitative estimate of drug-likeness (QED) is 0.772. The van der Waals surface area contributed by atoms with Gasteiger partial charge >= 0.3 is 0 Å². The standard InChI is InChI=1S/C11H15NOS/c1-3-12-11(14)13-8-10-6-4-9(2)5-7-10/h4-7H,3,8H2,1-2H3,(H,12,14). The molecular formula is C11H15NOS. The molecule has 1 rings (SSSR count). The molecule has 0 bridgehead atoms. The van der Waals surface area contributed by atoms with Gasteiger partial charge in [-0.1, -0.05) is 29.8 Å². The summed E-state index contributed by atoms with van der Waals surface area (Å²) >= 11 is 4.94. The third-order valence-electron chi connectivity index (χ3n) is 1.81. The number of hydrogen-bond donors (Lipinski definition) is 1. The van der Waals surface area contributed by atoms with Crippen LogP contribution in [0.2, 0.25) is 0 Å². The van der Waals surface area contributed by atoms with E-state index in [0.29, 0.717) is 11.8 Å². The minimum atomic E-state index is 0.466. The first-order chi connectivity index (χ1) is 6.72. The van der Waals surface area contributed by atoms with E-state index in [2.05, 4.69) is 24.4 Å². The van der Waals surface area contributed by atoms with E-state index in [1.807, 2.05) is 19.1 Å². The lowest BCUT2D eigenvalue weighted by Crippen LogP contribution is -2.23. The predicted octanol–water partition coefficient (Wildman–Crippen LogP) is 2.41. The second kappa shape index (κ2) is 5.60. The van der Waals surface area contributed by atoms with Crippen molar-refractivity contribution in [3.8, 4) is 0 Å². The molecule has 0 aliphatic carbocycles. The fourth-order valence-corrected chi connectivity index (χ4v) is 1.23. The Morgan fingerprint density at radius 2 is 2.00 bits per heavy atom. The Morgan fingerprint density at radius 3 is 2.57 bits per heavy atom. The Labute approximate surface area is 90.3 Å². The Balaban J connectivity index is 2.38. The molecule has 0 amide bonds. The number of nitrogens with one attached hydrogen (secondary N) is 1. The molecule has 0 unspecified atom stereocenters. The molecule has 3 heteroatoms. The number of thiocarbonyl (C=S) groups is 1. The van der Waals surface area contributed by atoms with Crippen molar-refractivity contribution in [1.29, 1.82) is 0 Å². The molecular weight excluding hydrogens is 194 g/mol. The highest BCUT2D eigenvalue weighted by Crippen LogP contribution is 2.04. The van der Waals surface area contributed by atoms with Gasteiger partial charge in [0.2, 0.25) is 0 Å². The van der Waals surface area contributed by atoms with E-state index in [1.54, 1.807) is 0 Å². The summed E-state index contributed by atoms with van der Waals surface area (Å²) in [6.07, 6.45) is 0. The van der Waals surface area contributed by atoms with Gasteiger partial charge < -0.3 is 10.1 Å². The van der Waals surface area contributed by atoms with Gasteiger partial charge in [0, 0.05) is 6.54 Å². The van der Waals surface area contributed by atoms with Crippen LogP contribution in [0.15, 0.2) is 24.3 Å². The molecule has 0 atom stereocenters. The normalized spacial score (nSPS) is 9.57. The molecule has 0 aromatic heterocycles. The van der Waals surface area contributed by atoms with Gasteiger partial charge in [0.1, 0.15) is 6.61 Å². The largest absolute Gasteiger partial charge is 0.466 e. The summed E-state index contributed by atoms with van der Waals surface area (Å²) in [5.41, 5.74) is 2.39. The zero-order valence-electron chi connectivity index (χ0n) is 8.54. The van der Waals surface area contributed by atoms with Crippen LogP contribution in [0, 0.1) is 6.92 Å². The summed E-state index contributed by atoms with van der Waals surface area (Å²) in [5, 5.41) is 3.40. The smallest absolute Gasteiger partial charge is 0.256 e. The summed E-state index contributed by atoms with van der Waals surface area (Å²) in [5.74, 6) is 0.